The van der Waals surface area contributed by atoms with E-state index in [1.165, 1.54) is 24.3 Å². The normalized spacial score (nSPS) is 12.0. The third-order valence-electron chi connectivity index (χ3n) is 4.34. The predicted molar refractivity (Wildman–Crippen MR) is 125 cm³/mol. The van der Waals surface area contributed by atoms with Crippen LogP contribution in [0.4, 0.5) is 11.4 Å². The summed E-state index contributed by atoms with van der Waals surface area (Å²) in [5, 5.41) is 15.4. The van der Waals surface area contributed by atoms with Gasteiger partial charge in [0.1, 0.15) is 17.2 Å². The molecule has 3 N–H and O–H groups in total. The molecule has 1 atom stereocenters. The van der Waals surface area contributed by atoms with Gasteiger partial charge >= 0.3 is 14.2 Å². The summed E-state index contributed by atoms with van der Waals surface area (Å²) in [7, 11) is -2.87. The van der Waals surface area contributed by atoms with Gasteiger partial charge in [0.15, 0.2) is 0 Å². The zero-order valence-corrected chi connectivity index (χ0v) is 20.5. The second-order valence-corrected chi connectivity index (χ2v) is 8.24. The molecule has 33 heavy (non-hydrogen) atoms. The third kappa shape index (κ3) is 9.89. The Morgan fingerprint density at radius 3 is 2.36 bits per heavy atom. The summed E-state index contributed by atoms with van der Waals surface area (Å²) in [6.07, 6.45) is 0.597. The number of halogens is 2. The number of esters is 1. The molecule has 0 saturated carbocycles. The molecule has 2 rings (SSSR count). The number of rotatable bonds is 9. The number of anilines is 1. The first-order valence-electron chi connectivity index (χ1n) is 9.61. The molecule has 2 aromatic rings. The lowest BCUT2D eigenvalue weighted by atomic mass is 9.94. The van der Waals surface area contributed by atoms with Crippen molar-refractivity contribution in [1.82, 2.24) is 0 Å². The summed E-state index contributed by atoms with van der Waals surface area (Å²) < 4.78 is 19.5. The van der Waals surface area contributed by atoms with Crippen LogP contribution in [-0.4, -0.2) is 32.8 Å². The van der Waals surface area contributed by atoms with E-state index in [2.05, 4.69) is 5.32 Å². The van der Waals surface area contributed by atoms with Crippen LogP contribution in [0.3, 0.4) is 0 Å². The highest BCUT2D eigenvalue weighted by Gasteiger charge is 2.29. The fourth-order valence-corrected chi connectivity index (χ4v) is 3.08. The number of hydrogen-bond donors (Lipinski definition) is 3. The topological polar surface area (TPSA) is 148 Å². The zero-order valence-electron chi connectivity index (χ0n) is 18.1. The molecule has 180 valence electrons. The third-order valence-corrected chi connectivity index (χ3v) is 4.87. The summed E-state index contributed by atoms with van der Waals surface area (Å²) in [5.74, 6) is 0.324. The highest BCUT2D eigenvalue weighted by Crippen LogP contribution is 2.37. The number of nitrogens with one attached hydrogen (secondary N) is 1. The number of benzene rings is 2. The van der Waals surface area contributed by atoms with Crippen molar-refractivity contribution >= 4 is 48.8 Å². The molecule has 0 radical (unpaired) electrons. The highest BCUT2D eigenvalue weighted by molar-refractivity contribution is 7.30. The van der Waals surface area contributed by atoms with E-state index in [1.807, 2.05) is 6.92 Å². The van der Waals surface area contributed by atoms with Crippen LogP contribution in [0.2, 0.25) is 10.0 Å². The molecule has 0 aliphatic carbocycles. The van der Waals surface area contributed by atoms with Crippen LogP contribution in [0.5, 0.6) is 11.5 Å². The van der Waals surface area contributed by atoms with Crippen molar-refractivity contribution in [3.05, 3.63) is 56.6 Å². The van der Waals surface area contributed by atoms with Crippen molar-refractivity contribution in [2.75, 3.05) is 11.9 Å². The first-order valence-corrected chi connectivity index (χ1v) is 11.5. The van der Waals surface area contributed by atoms with Gasteiger partial charge in [0.25, 0.3) is 5.69 Å². The molecule has 0 saturated heterocycles. The van der Waals surface area contributed by atoms with Crippen molar-refractivity contribution in [1.29, 1.82) is 0 Å². The van der Waals surface area contributed by atoms with Crippen molar-refractivity contribution in [3.63, 3.8) is 0 Å². The van der Waals surface area contributed by atoms with Gasteiger partial charge in [0.2, 0.25) is 0 Å². The lowest BCUT2D eigenvalue weighted by Crippen LogP contribution is -2.37. The molecule has 2 aromatic carbocycles. The highest BCUT2D eigenvalue weighted by atomic mass is 35.5. The minimum absolute atomic E-state index is 0.0581. The second kappa shape index (κ2) is 13.3. The molecule has 13 heteroatoms. The van der Waals surface area contributed by atoms with Gasteiger partial charge in [-0.1, -0.05) is 30.1 Å². The van der Waals surface area contributed by atoms with E-state index in [0.29, 0.717) is 28.0 Å². The van der Waals surface area contributed by atoms with E-state index in [0.717, 1.165) is 0 Å². The molecule has 1 unspecified atom stereocenters. The van der Waals surface area contributed by atoms with Crippen LogP contribution in [0.1, 0.15) is 33.6 Å². The van der Waals surface area contributed by atoms with Crippen LogP contribution >= 0.6 is 31.5 Å². The number of carbonyl (C=O) groups is 1. The molecule has 0 aliphatic rings. The largest absolute Gasteiger partial charge is 0.692 e. The zero-order chi connectivity index (χ0) is 25.2. The Morgan fingerprint density at radius 2 is 1.85 bits per heavy atom. The van der Waals surface area contributed by atoms with Crippen LogP contribution in [0.15, 0.2) is 36.4 Å². The van der Waals surface area contributed by atoms with Crippen molar-refractivity contribution in [2.24, 2.45) is 0 Å². The number of nitro groups is 1. The molecule has 0 heterocycles. The molecule has 0 fully saturated rings. The molecular weight excluding hydrogens is 498 g/mol. The quantitative estimate of drug-likeness (QED) is 0.159. The molecule has 0 aliphatic heterocycles. The number of nitrogens with zero attached hydrogens (tertiary/aromatic N) is 1. The van der Waals surface area contributed by atoms with Gasteiger partial charge in [-0.25, -0.2) is 0 Å². The Morgan fingerprint density at radius 1 is 1.21 bits per heavy atom. The fraction of sp³-hybridized carbons (Fsp3) is 0.350. The molecule has 10 nitrogen and oxygen atoms in total. The lowest BCUT2D eigenvalue weighted by molar-refractivity contribution is -0.384. The van der Waals surface area contributed by atoms with Crippen molar-refractivity contribution in [2.45, 2.75) is 39.2 Å². The van der Waals surface area contributed by atoms with Gasteiger partial charge < -0.3 is 14.8 Å². The Labute approximate surface area is 201 Å². The maximum Gasteiger partial charge on any atom is 0.692 e. The second-order valence-electron chi connectivity index (χ2n) is 6.89. The lowest BCUT2D eigenvalue weighted by Gasteiger charge is -2.29. The number of carbonyl (C=O) groups excluding carboxylic acids is 1. The van der Waals surface area contributed by atoms with Crippen molar-refractivity contribution < 1.29 is 33.5 Å². The standard InChI is InChI=1S/C20H22Cl2N2O5.HO3P/c1-4-20(3,12-19(25)28-5-2)23-16-11-14(7-8-17(16)24(26)27)29-18-9-6-13(21)10-15(18)22;1-4(2)3/h6-11,23H,4-5,12H2,1-3H3;(H-,1,2,3)/p+1. The monoisotopic (exact) mass is 521 g/mol. The Kier molecular flexibility index (Phi) is 11.5. The Balaban J connectivity index is 0.00000125. The van der Waals surface area contributed by atoms with Crippen LogP contribution in [0, 0.1) is 10.1 Å². The fourth-order valence-electron chi connectivity index (χ4n) is 2.64. The average molecular weight is 522 g/mol. The average Bonchev–Trinajstić information content (AvgIpc) is 2.69. The van der Waals surface area contributed by atoms with Crippen LogP contribution < -0.4 is 10.1 Å². The van der Waals surface area contributed by atoms with Gasteiger partial charge in [0, 0.05) is 27.3 Å². The molecule has 0 aromatic heterocycles. The van der Waals surface area contributed by atoms with Gasteiger partial charge in [-0.3, -0.25) is 14.9 Å². The summed E-state index contributed by atoms with van der Waals surface area (Å²) in [4.78, 5) is 37.2. The first kappa shape index (κ1) is 28.5. The van der Waals surface area contributed by atoms with E-state index in [-0.39, 0.29) is 30.4 Å². The maximum atomic E-state index is 12.0. The van der Waals surface area contributed by atoms with E-state index < -0.39 is 18.7 Å². The van der Waals surface area contributed by atoms with Gasteiger partial charge in [-0.2, -0.15) is 0 Å². The van der Waals surface area contributed by atoms with Crippen molar-refractivity contribution in [3.8, 4) is 11.5 Å². The number of nitro benzene ring substituents is 1. The maximum absolute atomic E-state index is 12.0. The SMILES string of the molecule is CCOC(=O)CC(C)(CC)Nc1cc(Oc2ccc(Cl)cc2Cl)ccc1[N+](=O)[O-].O=[P+](O)O. The van der Waals surface area contributed by atoms with Gasteiger partial charge in [-0.05, 0) is 44.5 Å². The Bertz CT molecular complexity index is 1000. The summed E-state index contributed by atoms with van der Waals surface area (Å²) >= 11 is 12.0. The van der Waals surface area contributed by atoms with Crippen LogP contribution in [0.25, 0.3) is 0 Å². The van der Waals surface area contributed by atoms with Crippen LogP contribution in [-0.2, 0) is 14.1 Å². The Hall–Kier alpha value is -2.49. The number of hydrogen-bond acceptors (Lipinski definition) is 7. The predicted octanol–water partition coefficient (Wildman–Crippen LogP) is 5.86. The van der Waals surface area contributed by atoms with Gasteiger partial charge in [-0.15, -0.1) is 9.79 Å². The molecule has 0 bridgehead atoms. The van der Waals surface area contributed by atoms with E-state index >= 15 is 0 Å². The van der Waals surface area contributed by atoms with E-state index in [4.69, 9.17) is 47.0 Å². The minimum Gasteiger partial charge on any atom is -0.466 e. The number of ether oxygens (including phenoxy) is 2. The minimum atomic E-state index is -2.87. The van der Waals surface area contributed by atoms with E-state index in [9.17, 15) is 14.9 Å². The van der Waals surface area contributed by atoms with Gasteiger partial charge in [0.05, 0.1) is 23.0 Å². The summed E-state index contributed by atoms with van der Waals surface area (Å²) in [5.41, 5.74) is -0.651. The molecule has 0 spiro atoms. The summed E-state index contributed by atoms with van der Waals surface area (Å²) in [6, 6.07) is 9.08. The molecular formula is C20H24Cl2N2O8P+. The first-order chi connectivity index (χ1) is 15.4. The smallest absolute Gasteiger partial charge is 0.466 e. The van der Waals surface area contributed by atoms with E-state index in [1.54, 1.807) is 26.0 Å². The summed E-state index contributed by atoms with van der Waals surface area (Å²) in [6.45, 7) is 5.68. The molecule has 0 amide bonds.